The maximum atomic E-state index is 12.0. The van der Waals surface area contributed by atoms with E-state index in [-0.39, 0.29) is 31.0 Å². The summed E-state index contributed by atoms with van der Waals surface area (Å²) in [5.74, 6) is 1.28. The normalized spacial score (nSPS) is 21.2. The molecule has 2 atom stereocenters. The van der Waals surface area contributed by atoms with Crippen LogP contribution in [0.25, 0.3) is 0 Å². The van der Waals surface area contributed by atoms with Crippen molar-refractivity contribution in [3.8, 4) is 5.75 Å². The topological polar surface area (TPSA) is 50.4 Å². The molecule has 2 N–H and O–H groups in total. The van der Waals surface area contributed by atoms with Crippen LogP contribution in [0.5, 0.6) is 5.75 Å². The number of carbonyl (C=O) groups is 1. The number of hydrogen-bond acceptors (Lipinski definition) is 3. The van der Waals surface area contributed by atoms with Crippen molar-refractivity contribution in [3.05, 3.63) is 29.8 Å². The Labute approximate surface area is 133 Å². The van der Waals surface area contributed by atoms with Crippen LogP contribution in [0.3, 0.4) is 0 Å². The second-order valence-electron chi connectivity index (χ2n) is 5.39. The molecule has 0 bridgehead atoms. The molecule has 1 aromatic carbocycles. The molecule has 1 saturated heterocycles. The van der Waals surface area contributed by atoms with Gasteiger partial charge in [0.1, 0.15) is 5.75 Å². The number of amides is 1. The molecule has 0 spiro atoms. The second-order valence-corrected chi connectivity index (χ2v) is 5.39. The number of benzene rings is 1. The van der Waals surface area contributed by atoms with E-state index in [0.29, 0.717) is 5.92 Å². The number of carbonyl (C=O) groups excluding carboxylic acids is 1. The Morgan fingerprint density at radius 1 is 1.43 bits per heavy atom. The summed E-state index contributed by atoms with van der Waals surface area (Å²) in [6.45, 7) is 6.23. The van der Waals surface area contributed by atoms with Crippen LogP contribution in [0.2, 0.25) is 0 Å². The molecule has 0 saturated carbocycles. The van der Waals surface area contributed by atoms with Crippen molar-refractivity contribution in [1.82, 2.24) is 10.6 Å². The van der Waals surface area contributed by atoms with Crippen molar-refractivity contribution in [1.29, 1.82) is 0 Å². The van der Waals surface area contributed by atoms with E-state index in [9.17, 15) is 4.79 Å². The summed E-state index contributed by atoms with van der Waals surface area (Å²) in [5, 5.41) is 6.36. The first kappa shape index (κ1) is 17.8. The van der Waals surface area contributed by atoms with Gasteiger partial charge in [0.2, 0.25) is 0 Å². The molecule has 1 fully saturated rings. The van der Waals surface area contributed by atoms with Gasteiger partial charge in [0.15, 0.2) is 6.61 Å². The molecule has 21 heavy (non-hydrogen) atoms. The summed E-state index contributed by atoms with van der Waals surface area (Å²) in [7, 11) is 0. The van der Waals surface area contributed by atoms with Crippen LogP contribution in [0.4, 0.5) is 0 Å². The smallest absolute Gasteiger partial charge is 0.258 e. The first-order valence-corrected chi connectivity index (χ1v) is 7.41. The molecule has 2 rings (SSSR count). The SMILES string of the molecule is CCc1ccccc1OCC(=O)NC1CNCCC1C.Cl. The number of ether oxygens (including phenoxy) is 1. The van der Waals surface area contributed by atoms with Gasteiger partial charge < -0.3 is 15.4 Å². The van der Waals surface area contributed by atoms with Crippen molar-refractivity contribution < 1.29 is 9.53 Å². The van der Waals surface area contributed by atoms with Gasteiger partial charge in [0, 0.05) is 12.6 Å². The molecule has 5 heteroatoms. The first-order valence-electron chi connectivity index (χ1n) is 7.41. The highest BCUT2D eigenvalue weighted by atomic mass is 35.5. The fraction of sp³-hybridized carbons (Fsp3) is 0.562. The van der Waals surface area contributed by atoms with Crippen LogP contribution in [-0.4, -0.2) is 31.6 Å². The Hall–Kier alpha value is -1.26. The van der Waals surface area contributed by atoms with Gasteiger partial charge in [-0.1, -0.05) is 32.0 Å². The number of para-hydroxylation sites is 1. The van der Waals surface area contributed by atoms with E-state index >= 15 is 0 Å². The minimum Gasteiger partial charge on any atom is -0.483 e. The fourth-order valence-electron chi connectivity index (χ4n) is 2.51. The highest BCUT2D eigenvalue weighted by molar-refractivity contribution is 5.85. The molecule has 118 valence electrons. The molecule has 0 aliphatic carbocycles. The Bertz CT molecular complexity index is 454. The molecule has 0 aromatic heterocycles. The zero-order chi connectivity index (χ0) is 14.4. The van der Waals surface area contributed by atoms with Gasteiger partial charge in [0.25, 0.3) is 5.91 Å². The number of rotatable bonds is 5. The Morgan fingerprint density at radius 3 is 2.90 bits per heavy atom. The second kappa shape index (κ2) is 8.90. The van der Waals surface area contributed by atoms with Crippen LogP contribution in [0.15, 0.2) is 24.3 Å². The summed E-state index contributed by atoms with van der Waals surface area (Å²) < 4.78 is 5.63. The van der Waals surface area contributed by atoms with Crippen LogP contribution < -0.4 is 15.4 Å². The zero-order valence-electron chi connectivity index (χ0n) is 12.7. The van der Waals surface area contributed by atoms with Gasteiger partial charge in [-0.3, -0.25) is 4.79 Å². The van der Waals surface area contributed by atoms with Gasteiger partial charge in [-0.2, -0.15) is 0 Å². The van der Waals surface area contributed by atoms with Crippen LogP contribution in [0.1, 0.15) is 25.8 Å². The molecule has 0 radical (unpaired) electrons. The Kier molecular flexibility index (Phi) is 7.54. The van der Waals surface area contributed by atoms with Crippen molar-refractivity contribution in [2.45, 2.75) is 32.7 Å². The van der Waals surface area contributed by atoms with Gasteiger partial charge in [-0.15, -0.1) is 12.4 Å². The maximum absolute atomic E-state index is 12.0. The molecule has 1 aliphatic heterocycles. The lowest BCUT2D eigenvalue weighted by atomic mass is 9.95. The molecular weight excluding hydrogens is 288 g/mol. The summed E-state index contributed by atoms with van der Waals surface area (Å²) in [4.78, 5) is 12.0. The first-order chi connectivity index (χ1) is 9.70. The number of aryl methyl sites for hydroxylation is 1. The Balaban J connectivity index is 0.00000220. The molecule has 2 unspecified atom stereocenters. The van der Waals surface area contributed by atoms with Crippen LogP contribution in [-0.2, 0) is 11.2 Å². The van der Waals surface area contributed by atoms with E-state index in [2.05, 4.69) is 24.5 Å². The summed E-state index contributed by atoms with van der Waals surface area (Å²) in [5.41, 5.74) is 1.13. The van der Waals surface area contributed by atoms with E-state index in [1.807, 2.05) is 24.3 Å². The highest BCUT2D eigenvalue weighted by Crippen LogP contribution is 2.18. The van der Waals surface area contributed by atoms with Gasteiger partial charge in [0.05, 0.1) is 0 Å². The van der Waals surface area contributed by atoms with Crippen molar-refractivity contribution in [2.24, 2.45) is 5.92 Å². The van der Waals surface area contributed by atoms with Crippen molar-refractivity contribution >= 4 is 18.3 Å². The number of nitrogens with one attached hydrogen (secondary N) is 2. The average molecular weight is 313 g/mol. The number of halogens is 1. The highest BCUT2D eigenvalue weighted by Gasteiger charge is 2.22. The van der Waals surface area contributed by atoms with Crippen LogP contribution in [0, 0.1) is 5.92 Å². The van der Waals surface area contributed by atoms with Crippen molar-refractivity contribution in [2.75, 3.05) is 19.7 Å². The summed E-state index contributed by atoms with van der Waals surface area (Å²) >= 11 is 0. The molecule has 1 aliphatic rings. The maximum Gasteiger partial charge on any atom is 0.258 e. The van der Waals surface area contributed by atoms with E-state index in [1.54, 1.807) is 0 Å². The van der Waals surface area contributed by atoms with E-state index in [0.717, 1.165) is 37.2 Å². The monoisotopic (exact) mass is 312 g/mol. The lowest BCUT2D eigenvalue weighted by Crippen LogP contribution is -2.51. The zero-order valence-corrected chi connectivity index (χ0v) is 13.5. The molecule has 1 aromatic rings. The van der Waals surface area contributed by atoms with Gasteiger partial charge >= 0.3 is 0 Å². The fourth-order valence-corrected chi connectivity index (χ4v) is 2.51. The predicted molar refractivity (Wildman–Crippen MR) is 87.1 cm³/mol. The van der Waals surface area contributed by atoms with Gasteiger partial charge in [-0.05, 0) is 36.9 Å². The third-order valence-corrected chi connectivity index (χ3v) is 3.89. The van der Waals surface area contributed by atoms with Crippen molar-refractivity contribution in [3.63, 3.8) is 0 Å². The molecular formula is C16H25ClN2O2. The standard InChI is InChI=1S/C16H24N2O2.ClH/c1-3-13-6-4-5-7-15(13)20-11-16(19)18-14-10-17-9-8-12(14)2;/h4-7,12,14,17H,3,8-11H2,1-2H3,(H,18,19);1H. The largest absolute Gasteiger partial charge is 0.483 e. The molecule has 1 amide bonds. The summed E-state index contributed by atoms with van der Waals surface area (Å²) in [6, 6.07) is 8.07. The quantitative estimate of drug-likeness (QED) is 0.876. The lowest BCUT2D eigenvalue weighted by Gasteiger charge is -2.30. The van der Waals surface area contributed by atoms with Gasteiger partial charge in [-0.25, -0.2) is 0 Å². The van der Waals surface area contributed by atoms with E-state index in [1.165, 1.54) is 0 Å². The minimum absolute atomic E-state index is 0. The Morgan fingerprint density at radius 2 is 2.19 bits per heavy atom. The van der Waals surface area contributed by atoms with Crippen LogP contribution >= 0.6 is 12.4 Å². The summed E-state index contributed by atoms with van der Waals surface area (Å²) in [6.07, 6.45) is 2.01. The third kappa shape index (κ3) is 5.21. The van der Waals surface area contributed by atoms with E-state index in [4.69, 9.17) is 4.74 Å². The number of piperidine rings is 1. The third-order valence-electron chi connectivity index (χ3n) is 3.89. The minimum atomic E-state index is -0.0449. The molecule has 4 nitrogen and oxygen atoms in total. The molecule has 1 heterocycles. The lowest BCUT2D eigenvalue weighted by molar-refractivity contribution is -0.124. The predicted octanol–water partition coefficient (Wildman–Crippen LogP) is 2.16. The average Bonchev–Trinajstić information content (AvgIpc) is 2.48. The number of hydrogen-bond donors (Lipinski definition) is 2. The van der Waals surface area contributed by atoms with E-state index < -0.39 is 0 Å².